The van der Waals surface area contributed by atoms with Gasteiger partial charge in [-0.05, 0) is 11.4 Å². The van der Waals surface area contributed by atoms with Crippen LogP contribution >= 0.6 is 34.7 Å². The molecule has 0 N–H and O–H groups in total. The molecule has 0 atom stereocenters. The van der Waals surface area contributed by atoms with E-state index in [0.29, 0.717) is 10.4 Å². The Balaban J connectivity index is 2.47. The van der Waals surface area contributed by atoms with Gasteiger partial charge in [0.25, 0.3) is 0 Å². The Labute approximate surface area is 95.7 Å². The van der Waals surface area contributed by atoms with Crippen molar-refractivity contribution in [3.8, 4) is 0 Å². The molecule has 2 aromatic heterocycles. The number of aromatic nitrogens is 2. The number of halogens is 1. The Hall–Kier alpha value is -0.320. The summed E-state index contributed by atoms with van der Waals surface area (Å²) in [6, 6.07) is 1.95. The van der Waals surface area contributed by atoms with E-state index in [1.165, 1.54) is 0 Å². The number of thiophene rings is 1. The van der Waals surface area contributed by atoms with Gasteiger partial charge in [0.05, 0.1) is 0 Å². The van der Waals surface area contributed by atoms with E-state index < -0.39 is 0 Å². The van der Waals surface area contributed by atoms with Crippen LogP contribution in [-0.2, 0) is 0 Å². The van der Waals surface area contributed by atoms with E-state index in [1.54, 1.807) is 23.1 Å². The van der Waals surface area contributed by atoms with Crippen molar-refractivity contribution in [2.75, 3.05) is 0 Å². The van der Waals surface area contributed by atoms with Crippen LogP contribution in [0, 0.1) is 0 Å². The number of hydrogen-bond acceptors (Lipinski definition) is 4. The molecule has 0 saturated heterocycles. The smallest absolute Gasteiger partial charge is 0.190 e. The Morgan fingerprint density at radius 2 is 2.21 bits per heavy atom. The van der Waals surface area contributed by atoms with Crippen molar-refractivity contribution in [2.24, 2.45) is 0 Å². The van der Waals surface area contributed by atoms with E-state index in [0.717, 1.165) is 15.4 Å². The summed E-state index contributed by atoms with van der Waals surface area (Å²) in [6.45, 7) is 4.22. The standard InChI is InChI=1S/C9H9ClN2S2/c1-5(2)14-9-11-7(10)6-3-4-13-8(6)12-9/h3-5H,1-2H3. The van der Waals surface area contributed by atoms with E-state index in [4.69, 9.17) is 11.6 Å². The van der Waals surface area contributed by atoms with Crippen molar-refractivity contribution < 1.29 is 0 Å². The lowest BCUT2D eigenvalue weighted by Gasteiger charge is -2.03. The van der Waals surface area contributed by atoms with Gasteiger partial charge < -0.3 is 0 Å². The van der Waals surface area contributed by atoms with E-state index in [1.807, 2.05) is 11.4 Å². The van der Waals surface area contributed by atoms with E-state index in [9.17, 15) is 0 Å². The number of hydrogen-bond donors (Lipinski definition) is 0. The predicted molar refractivity (Wildman–Crippen MR) is 63.4 cm³/mol. The molecule has 0 amide bonds. The van der Waals surface area contributed by atoms with Gasteiger partial charge in [-0.2, -0.15) is 0 Å². The molecule has 0 fully saturated rings. The summed E-state index contributed by atoms with van der Waals surface area (Å²) in [5, 5.41) is 4.72. The molecule has 0 aliphatic carbocycles. The van der Waals surface area contributed by atoms with Crippen molar-refractivity contribution in [3.63, 3.8) is 0 Å². The monoisotopic (exact) mass is 244 g/mol. The van der Waals surface area contributed by atoms with Crippen molar-refractivity contribution in [3.05, 3.63) is 16.6 Å². The van der Waals surface area contributed by atoms with Crippen molar-refractivity contribution in [1.82, 2.24) is 9.97 Å². The van der Waals surface area contributed by atoms with Crippen molar-refractivity contribution >= 4 is 44.9 Å². The third-order valence-corrected chi connectivity index (χ3v) is 3.56. The summed E-state index contributed by atoms with van der Waals surface area (Å²) in [5.41, 5.74) is 0. The van der Waals surface area contributed by atoms with Gasteiger partial charge in [0.15, 0.2) is 5.16 Å². The van der Waals surface area contributed by atoms with Crippen LogP contribution in [0.2, 0.25) is 5.15 Å². The molecule has 2 aromatic rings. The normalized spacial score (nSPS) is 11.4. The Kier molecular flexibility index (Phi) is 2.95. The highest BCUT2D eigenvalue weighted by Crippen LogP contribution is 2.28. The van der Waals surface area contributed by atoms with Crippen LogP contribution in [0.25, 0.3) is 10.2 Å². The fraction of sp³-hybridized carbons (Fsp3) is 0.333. The first-order valence-corrected chi connectivity index (χ1v) is 6.38. The van der Waals surface area contributed by atoms with Crippen LogP contribution in [0.4, 0.5) is 0 Å². The molecule has 0 bridgehead atoms. The topological polar surface area (TPSA) is 25.8 Å². The lowest BCUT2D eigenvalue weighted by Crippen LogP contribution is -1.92. The summed E-state index contributed by atoms with van der Waals surface area (Å²) in [7, 11) is 0. The van der Waals surface area contributed by atoms with Gasteiger partial charge in [-0.15, -0.1) is 11.3 Å². The summed E-state index contributed by atoms with van der Waals surface area (Å²) in [4.78, 5) is 9.63. The molecule has 74 valence electrons. The van der Waals surface area contributed by atoms with Gasteiger partial charge in [0.2, 0.25) is 0 Å². The zero-order valence-corrected chi connectivity index (χ0v) is 10.2. The van der Waals surface area contributed by atoms with Crippen LogP contribution in [-0.4, -0.2) is 15.2 Å². The molecule has 0 spiro atoms. The number of rotatable bonds is 2. The third-order valence-electron chi connectivity index (χ3n) is 1.60. The highest BCUT2D eigenvalue weighted by atomic mass is 35.5. The first-order valence-electron chi connectivity index (χ1n) is 4.24. The molecule has 0 radical (unpaired) electrons. The van der Waals surface area contributed by atoms with Crippen LogP contribution in [0.5, 0.6) is 0 Å². The van der Waals surface area contributed by atoms with Gasteiger partial charge in [0.1, 0.15) is 9.98 Å². The summed E-state index contributed by atoms with van der Waals surface area (Å²) < 4.78 is 0. The van der Waals surface area contributed by atoms with Gasteiger partial charge in [-0.25, -0.2) is 9.97 Å². The fourth-order valence-electron chi connectivity index (χ4n) is 1.06. The summed E-state index contributed by atoms with van der Waals surface area (Å²) in [5.74, 6) is 0. The number of thioether (sulfide) groups is 1. The second kappa shape index (κ2) is 4.04. The lowest BCUT2D eigenvalue weighted by molar-refractivity contribution is 0.990. The zero-order valence-electron chi connectivity index (χ0n) is 7.82. The molecule has 0 aromatic carbocycles. The third kappa shape index (κ3) is 2.02. The molecule has 0 unspecified atom stereocenters. The Morgan fingerprint density at radius 3 is 2.93 bits per heavy atom. The molecule has 0 aliphatic rings. The van der Waals surface area contributed by atoms with Crippen molar-refractivity contribution in [2.45, 2.75) is 24.3 Å². The quantitative estimate of drug-likeness (QED) is 0.456. The first-order chi connectivity index (χ1) is 6.66. The van der Waals surface area contributed by atoms with Gasteiger partial charge >= 0.3 is 0 Å². The average molecular weight is 245 g/mol. The maximum atomic E-state index is 6.03. The molecular weight excluding hydrogens is 236 g/mol. The molecule has 0 saturated carbocycles. The van der Waals surface area contributed by atoms with Gasteiger partial charge in [0, 0.05) is 10.6 Å². The molecule has 0 aliphatic heterocycles. The van der Waals surface area contributed by atoms with Gasteiger partial charge in [-0.3, -0.25) is 0 Å². The largest absolute Gasteiger partial charge is 0.211 e. The summed E-state index contributed by atoms with van der Waals surface area (Å²) >= 11 is 9.25. The van der Waals surface area contributed by atoms with E-state index >= 15 is 0 Å². The maximum Gasteiger partial charge on any atom is 0.190 e. The Morgan fingerprint density at radius 1 is 1.43 bits per heavy atom. The maximum absolute atomic E-state index is 6.03. The molecule has 2 rings (SSSR count). The van der Waals surface area contributed by atoms with Crippen LogP contribution < -0.4 is 0 Å². The van der Waals surface area contributed by atoms with Crippen LogP contribution in [0.3, 0.4) is 0 Å². The van der Waals surface area contributed by atoms with Crippen molar-refractivity contribution in [1.29, 1.82) is 0 Å². The highest BCUT2D eigenvalue weighted by Gasteiger charge is 2.08. The fourth-order valence-corrected chi connectivity index (χ4v) is 2.93. The second-order valence-electron chi connectivity index (χ2n) is 3.10. The molecular formula is C9H9ClN2S2. The highest BCUT2D eigenvalue weighted by molar-refractivity contribution is 7.99. The molecule has 2 nitrogen and oxygen atoms in total. The molecule has 14 heavy (non-hydrogen) atoms. The second-order valence-corrected chi connectivity index (χ2v) is 5.90. The molecule has 2 heterocycles. The number of fused-ring (bicyclic) bond motifs is 1. The minimum atomic E-state index is 0.475. The van der Waals surface area contributed by atoms with Crippen LogP contribution in [0.1, 0.15) is 13.8 Å². The average Bonchev–Trinajstić information content (AvgIpc) is 2.50. The Bertz CT molecular complexity index is 453. The minimum Gasteiger partial charge on any atom is -0.211 e. The SMILES string of the molecule is CC(C)Sc1nc(Cl)c2ccsc2n1. The van der Waals surface area contributed by atoms with Crippen LogP contribution in [0.15, 0.2) is 16.6 Å². The number of nitrogens with zero attached hydrogens (tertiary/aromatic N) is 2. The summed E-state index contributed by atoms with van der Waals surface area (Å²) in [6.07, 6.45) is 0. The van der Waals surface area contributed by atoms with E-state index in [-0.39, 0.29) is 0 Å². The van der Waals surface area contributed by atoms with Gasteiger partial charge in [-0.1, -0.05) is 37.2 Å². The lowest BCUT2D eigenvalue weighted by atomic mass is 10.4. The zero-order chi connectivity index (χ0) is 10.1. The minimum absolute atomic E-state index is 0.475. The molecule has 5 heteroatoms. The first kappa shape index (κ1) is 10.2. The predicted octanol–water partition coefficient (Wildman–Crippen LogP) is 3.85. The van der Waals surface area contributed by atoms with E-state index in [2.05, 4.69) is 23.8 Å².